The van der Waals surface area contributed by atoms with Crippen LogP contribution in [-0.2, 0) is 11.3 Å². The first kappa shape index (κ1) is 17.5. The molecule has 0 saturated carbocycles. The average molecular weight is 323 g/mol. The van der Waals surface area contributed by atoms with E-state index >= 15 is 0 Å². The number of rotatable bonds is 6. The molecule has 1 aliphatic heterocycles. The monoisotopic (exact) mass is 323 g/mol. The number of nitrogens with zero attached hydrogens (tertiary/aromatic N) is 2. The van der Waals surface area contributed by atoms with Gasteiger partial charge in [0.2, 0.25) is 0 Å². The number of methoxy groups -OCH3 is 2. The molecule has 23 heavy (non-hydrogen) atoms. The Balaban J connectivity index is 2.03. The van der Waals surface area contributed by atoms with Gasteiger partial charge in [-0.3, -0.25) is 0 Å². The van der Waals surface area contributed by atoms with E-state index < -0.39 is 0 Å². The van der Waals surface area contributed by atoms with Crippen molar-refractivity contribution in [2.75, 3.05) is 40.5 Å². The molecule has 6 heteroatoms. The molecule has 1 aromatic rings. The quantitative estimate of drug-likeness (QED) is 0.644. The average Bonchev–Trinajstić information content (AvgIpc) is 3.00. The number of likely N-dealkylation sites (tertiary alicyclic amines) is 1. The number of aliphatic imine (C=N–C) groups is 1. The van der Waals surface area contributed by atoms with Crippen molar-refractivity contribution in [1.82, 2.24) is 10.2 Å². The SMILES string of the molecule is CCNC(=NCc1ccc(OC)c(F)c1)N1CCC(COC)C1. The highest BCUT2D eigenvalue weighted by Gasteiger charge is 2.24. The van der Waals surface area contributed by atoms with Crippen LogP contribution in [0.15, 0.2) is 23.2 Å². The number of benzene rings is 1. The summed E-state index contributed by atoms with van der Waals surface area (Å²) in [6, 6.07) is 4.95. The van der Waals surface area contributed by atoms with Crippen molar-refractivity contribution >= 4 is 5.96 Å². The Labute approximate surface area is 137 Å². The number of halogens is 1. The number of hydrogen-bond acceptors (Lipinski definition) is 3. The summed E-state index contributed by atoms with van der Waals surface area (Å²) in [7, 11) is 3.20. The molecular weight excluding hydrogens is 297 g/mol. The summed E-state index contributed by atoms with van der Waals surface area (Å²) >= 11 is 0. The maximum absolute atomic E-state index is 13.7. The summed E-state index contributed by atoms with van der Waals surface area (Å²) in [6.45, 7) is 5.98. The molecule has 1 heterocycles. The third-order valence-corrected chi connectivity index (χ3v) is 3.95. The lowest BCUT2D eigenvalue weighted by Crippen LogP contribution is -2.40. The van der Waals surface area contributed by atoms with Gasteiger partial charge in [-0.2, -0.15) is 0 Å². The summed E-state index contributed by atoms with van der Waals surface area (Å²) in [5.41, 5.74) is 0.825. The van der Waals surface area contributed by atoms with Crippen molar-refractivity contribution in [3.63, 3.8) is 0 Å². The fourth-order valence-electron chi connectivity index (χ4n) is 2.80. The third-order valence-electron chi connectivity index (χ3n) is 3.95. The Morgan fingerprint density at radius 1 is 1.43 bits per heavy atom. The highest BCUT2D eigenvalue weighted by molar-refractivity contribution is 5.80. The Kier molecular flexibility index (Phi) is 6.65. The van der Waals surface area contributed by atoms with Crippen LogP contribution in [0.3, 0.4) is 0 Å². The lowest BCUT2D eigenvalue weighted by molar-refractivity contribution is 0.157. The second-order valence-electron chi connectivity index (χ2n) is 5.70. The predicted octanol–water partition coefficient (Wildman–Crippen LogP) is 2.27. The zero-order valence-corrected chi connectivity index (χ0v) is 14.1. The van der Waals surface area contributed by atoms with Crippen LogP contribution in [-0.4, -0.2) is 51.3 Å². The molecule has 0 bridgehead atoms. The molecule has 1 aliphatic rings. The summed E-state index contributed by atoms with van der Waals surface area (Å²) in [5, 5.41) is 3.31. The molecule has 1 unspecified atom stereocenters. The minimum absolute atomic E-state index is 0.256. The van der Waals surface area contributed by atoms with Gasteiger partial charge < -0.3 is 19.7 Å². The van der Waals surface area contributed by atoms with Crippen molar-refractivity contribution in [3.05, 3.63) is 29.6 Å². The molecule has 0 aromatic heterocycles. The van der Waals surface area contributed by atoms with Crippen LogP contribution in [0, 0.1) is 11.7 Å². The van der Waals surface area contributed by atoms with Crippen molar-refractivity contribution in [2.45, 2.75) is 19.9 Å². The molecule has 2 rings (SSSR count). The van der Waals surface area contributed by atoms with Crippen molar-refractivity contribution in [3.8, 4) is 5.75 Å². The minimum Gasteiger partial charge on any atom is -0.494 e. The van der Waals surface area contributed by atoms with E-state index in [1.807, 2.05) is 13.0 Å². The highest BCUT2D eigenvalue weighted by atomic mass is 19.1. The van der Waals surface area contributed by atoms with Gasteiger partial charge in [-0.15, -0.1) is 0 Å². The summed E-state index contributed by atoms with van der Waals surface area (Å²) in [4.78, 5) is 6.88. The first-order valence-corrected chi connectivity index (χ1v) is 8.02. The van der Waals surface area contributed by atoms with Crippen molar-refractivity contribution in [2.24, 2.45) is 10.9 Å². The number of nitrogens with one attached hydrogen (secondary N) is 1. The van der Waals surface area contributed by atoms with Crippen LogP contribution >= 0.6 is 0 Å². The second-order valence-corrected chi connectivity index (χ2v) is 5.70. The van der Waals surface area contributed by atoms with E-state index in [1.54, 1.807) is 13.2 Å². The van der Waals surface area contributed by atoms with Gasteiger partial charge in [-0.05, 0) is 31.0 Å². The van der Waals surface area contributed by atoms with E-state index in [4.69, 9.17) is 9.47 Å². The molecule has 5 nitrogen and oxygen atoms in total. The Bertz CT molecular complexity index is 537. The van der Waals surface area contributed by atoms with Crippen LogP contribution in [0.2, 0.25) is 0 Å². The van der Waals surface area contributed by atoms with Crippen LogP contribution in [0.1, 0.15) is 18.9 Å². The molecule has 0 radical (unpaired) electrons. The summed E-state index contributed by atoms with van der Waals surface area (Å²) in [6.07, 6.45) is 1.11. The maximum Gasteiger partial charge on any atom is 0.194 e. The molecule has 1 aromatic carbocycles. The van der Waals surface area contributed by atoms with E-state index in [0.717, 1.165) is 44.2 Å². The van der Waals surface area contributed by atoms with Crippen molar-refractivity contribution < 1.29 is 13.9 Å². The van der Waals surface area contributed by atoms with E-state index in [2.05, 4.69) is 15.2 Å². The Morgan fingerprint density at radius 2 is 2.26 bits per heavy atom. The zero-order chi connectivity index (χ0) is 16.7. The molecular formula is C17H26FN3O2. The van der Waals surface area contributed by atoms with E-state index in [1.165, 1.54) is 13.2 Å². The number of ether oxygens (including phenoxy) is 2. The lowest BCUT2D eigenvalue weighted by Gasteiger charge is -2.21. The molecule has 0 aliphatic carbocycles. The van der Waals surface area contributed by atoms with Gasteiger partial charge in [0.15, 0.2) is 17.5 Å². The minimum atomic E-state index is -0.355. The van der Waals surface area contributed by atoms with Crippen molar-refractivity contribution in [1.29, 1.82) is 0 Å². The fraction of sp³-hybridized carbons (Fsp3) is 0.588. The summed E-state index contributed by atoms with van der Waals surface area (Å²) in [5.74, 6) is 1.32. The van der Waals surface area contributed by atoms with Gasteiger partial charge in [0.05, 0.1) is 20.3 Å². The van der Waals surface area contributed by atoms with Gasteiger partial charge in [0.25, 0.3) is 0 Å². The zero-order valence-electron chi connectivity index (χ0n) is 14.1. The number of hydrogen-bond donors (Lipinski definition) is 1. The molecule has 0 spiro atoms. The van der Waals surface area contributed by atoms with E-state index in [-0.39, 0.29) is 11.6 Å². The molecule has 0 amide bonds. The molecule has 1 N–H and O–H groups in total. The molecule has 1 fully saturated rings. The largest absolute Gasteiger partial charge is 0.494 e. The van der Waals surface area contributed by atoms with Gasteiger partial charge in [-0.25, -0.2) is 9.38 Å². The Hall–Kier alpha value is -1.82. The topological polar surface area (TPSA) is 46.1 Å². The standard InChI is InChI=1S/C17H26FN3O2/c1-4-19-17(21-8-7-14(11-21)12-22-2)20-10-13-5-6-16(23-3)15(18)9-13/h5-6,9,14H,4,7-8,10-12H2,1-3H3,(H,19,20). The molecule has 128 valence electrons. The van der Waals surface area contributed by atoms with Gasteiger partial charge in [0, 0.05) is 32.7 Å². The van der Waals surface area contributed by atoms with E-state index in [0.29, 0.717) is 12.5 Å². The normalized spacial score (nSPS) is 18.3. The van der Waals surface area contributed by atoms with Crippen LogP contribution in [0.25, 0.3) is 0 Å². The highest BCUT2D eigenvalue weighted by Crippen LogP contribution is 2.19. The fourth-order valence-corrected chi connectivity index (χ4v) is 2.80. The van der Waals surface area contributed by atoms with E-state index in [9.17, 15) is 4.39 Å². The second kappa shape index (κ2) is 8.72. The Morgan fingerprint density at radius 3 is 2.91 bits per heavy atom. The third kappa shape index (κ3) is 4.82. The van der Waals surface area contributed by atoms with Crippen LogP contribution in [0.4, 0.5) is 4.39 Å². The van der Waals surface area contributed by atoms with Crippen LogP contribution < -0.4 is 10.1 Å². The molecule has 1 saturated heterocycles. The number of guanidine groups is 1. The smallest absolute Gasteiger partial charge is 0.194 e. The lowest BCUT2D eigenvalue weighted by atomic mass is 10.1. The first-order chi connectivity index (χ1) is 11.2. The molecule has 1 atom stereocenters. The van der Waals surface area contributed by atoms with Gasteiger partial charge in [0.1, 0.15) is 0 Å². The van der Waals surface area contributed by atoms with Gasteiger partial charge in [-0.1, -0.05) is 6.07 Å². The predicted molar refractivity (Wildman–Crippen MR) is 89.3 cm³/mol. The summed E-state index contributed by atoms with van der Waals surface area (Å²) < 4.78 is 23.9. The van der Waals surface area contributed by atoms with Gasteiger partial charge >= 0.3 is 0 Å². The maximum atomic E-state index is 13.7. The van der Waals surface area contributed by atoms with Crippen LogP contribution in [0.5, 0.6) is 5.75 Å². The first-order valence-electron chi connectivity index (χ1n) is 8.02.